The van der Waals surface area contributed by atoms with Gasteiger partial charge in [-0.05, 0) is 36.2 Å². The Morgan fingerprint density at radius 1 is 1.40 bits per heavy atom. The summed E-state index contributed by atoms with van der Waals surface area (Å²) in [6, 6.07) is 3.88. The van der Waals surface area contributed by atoms with Crippen molar-refractivity contribution < 1.29 is 9.53 Å². The van der Waals surface area contributed by atoms with E-state index in [0.717, 1.165) is 25.8 Å². The molecule has 0 fully saturated rings. The highest BCUT2D eigenvalue weighted by Crippen LogP contribution is 2.24. The molecule has 4 heteroatoms. The van der Waals surface area contributed by atoms with E-state index in [1.165, 1.54) is 11.1 Å². The average Bonchev–Trinajstić information content (AvgIpc) is 2.27. The van der Waals surface area contributed by atoms with Crippen LogP contribution in [0.4, 0.5) is 0 Å². The van der Waals surface area contributed by atoms with Crippen molar-refractivity contribution in [1.29, 1.82) is 0 Å². The lowest BCUT2D eigenvalue weighted by Crippen LogP contribution is -2.23. The van der Waals surface area contributed by atoms with E-state index in [4.69, 9.17) is 4.74 Å². The fraction of sp³-hybridized carbons (Fsp3) is 0.364. The molecule has 0 atom stereocenters. The summed E-state index contributed by atoms with van der Waals surface area (Å²) in [6.45, 7) is 1.85. The van der Waals surface area contributed by atoms with Crippen LogP contribution in [0.25, 0.3) is 0 Å². The Hall–Kier alpha value is -1.06. The monoisotopic (exact) mass is 227 g/mol. The maximum Gasteiger partial charge on any atom is 0.153 e. The summed E-state index contributed by atoms with van der Waals surface area (Å²) >= 11 is 0. The zero-order chi connectivity index (χ0) is 9.97. The van der Waals surface area contributed by atoms with Crippen molar-refractivity contribution in [2.45, 2.75) is 13.0 Å². The number of ether oxygens (including phenoxy) is 1. The summed E-state index contributed by atoms with van der Waals surface area (Å²) in [5, 5.41) is 3.29. The molecule has 3 nitrogen and oxygen atoms in total. The summed E-state index contributed by atoms with van der Waals surface area (Å²) in [5.74, 6) is 0.669. The zero-order valence-corrected chi connectivity index (χ0v) is 9.39. The van der Waals surface area contributed by atoms with Crippen molar-refractivity contribution in [2.24, 2.45) is 0 Å². The Bertz CT molecular complexity index is 366. The number of hydrogen-bond acceptors (Lipinski definition) is 3. The first-order valence-electron chi connectivity index (χ1n) is 4.71. The van der Waals surface area contributed by atoms with E-state index in [0.29, 0.717) is 11.3 Å². The molecule has 1 heterocycles. The first-order chi connectivity index (χ1) is 6.85. The van der Waals surface area contributed by atoms with Gasteiger partial charge in [0.1, 0.15) is 5.75 Å². The van der Waals surface area contributed by atoms with Gasteiger partial charge in [-0.3, -0.25) is 4.79 Å². The van der Waals surface area contributed by atoms with Crippen LogP contribution in [0.3, 0.4) is 0 Å². The zero-order valence-electron chi connectivity index (χ0n) is 8.58. The molecule has 2 rings (SSSR count). The molecule has 0 bridgehead atoms. The number of carbonyl (C=O) groups excluding carboxylic acids is 1. The molecule has 1 aliphatic rings. The first kappa shape index (κ1) is 12.0. The molecular weight excluding hydrogens is 214 g/mol. The van der Waals surface area contributed by atoms with Crippen LogP contribution in [-0.2, 0) is 13.0 Å². The van der Waals surface area contributed by atoms with Crippen LogP contribution in [0.5, 0.6) is 5.75 Å². The number of benzene rings is 1. The molecule has 1 N–H and O–H groups in total. The molecule has 1 aromatic rings. The summed E-state index contributed by atoms with van der Waals surface area (Å²) in [5.41, 5.74) is 3.14. The van der Waals surface area contributed by atoms with E-state index in [2.05, 4.69) is 5.32 Å². The van der Waals surface area contributed by atoms with Gasteiger partial charge in [-0.2, -0.15) is 0 Å². The Morgan fingerprint density at radius 2 is 2.20 bits per heavy atom. The minimum atomic E-state index is 0. The maximum atomic E-state index is 10.8. The van der Waals surface area contributed by atoms with Gasteiger partial charge in [-0.15, -0.1) is 12.4 Å². The van der Waals surface area contributed by atoms with Gasteiger partial charge in [-0.25, -0.2) is 0 Å². The van der Waals surface area contributed by atoms with Gasteiger partial charge in [0.05, 0.1) is 12.7 Å². The van der Waals surface area contributed by atoms with Crippen LogP contribution in [0.2, 0.25) is 0 Å². The van der Waals surface area contributed by atoms with Crippen LogP contribution in [-0.4, -0.2) is 19.9 Å². The normalized spacial score (nSPS) is 13.7. The van der Waals surface area contributed by atoms with E-state index in [1.807, 2.05) is 12.1 Å². The summed E-state index contributed by atoms with van der Waals surface area (Å²) in [4.78, 5) is 10.8. The van der Waals surface area contributed by atoms with Crippen LogP contribution < -0.4 is 10.1 Å². The Balaban J connectivity index is 0.00000112. The number of hydrogen-bond donors (Lipinski definition) is 1. The third-order valence-electron chi connectivity index (χ3n) is 2.57. The topological polar surface area (TPSA) is 38.3 Å². The lowest BCUT2D eigenvalue weighted by atomic mass is 9.98. The number of halogens is 1. The summed E-state index contributed by atoms with van der Waals surface area (Å²) in [6.07, 6.45) is 1.83. The second-order valence-corrected chi connectivity index (χ2v) is 3.41. The van der Waals surface area contributed by atoms with Gasteiger partial charge < -0.3 is 10.1 Å². The van der Waals surface area contributed by atoms with E-state index in [-0.39, 0.29) is 12.4 Å². The molecule has 0 saturated carbocycles. The largest absolute Gasteiger partial charge is 0.496 e. The molecule has 0 aliphatic carbocycles. The highest BCUT2D eigenvalue weighted by Gasteiger charge is 2.12. The smallest absolute Gasteiger partial charge is 0.153 e. The highest BCUT2D eigenvalue weighted by atomic mass is 35.5. The number of nitrogens with one attached hydrogen (secondary N) is 1. The predicted molar refractivity (Wildman–Crippen MR) is 61.0 cm³/mol. The van der Waals surface area contributed by atoms with Crippen molar-refractivity contribution in [3.8, 4) is 5.75 Å². The number of fused-ring (bicyclic) bond motifs is 1. The van der Waals surface area contributed by atoms with Crippen molar-refractivity contribution in [2.75, 3.05) is 13.7 Å². The third kappa shape index (κ3) is 2.30. The standard InChI is InChI=1S/C11H13NO2.ClH/c1-14-11-5-9-6-12-3-2-8(9)4-10(11)7-13;/h4-5,7,12H,2-3,6H2,1H3;1H. The molecule has 1 aromatic carbocycles. The quantitative estimate of drug-likeness (QED) is 0.780. The minimum Gasteiger partial charge on any atom is -0.496 e. The molecular formula is C11H14ClNO2. The summed E-state index contributed by atoms with van der Waals surface area (Å²) < 4.78 is 5.14. The average molecular weight is 228 g/mol. The minimum absolute atomic E-state index is 0. The highest BCUT2D eigenvalue weighted by molar-refractivity contribution is 5.85. The van der Waals surface area contributed by atoms with Crippen LogP contribution in [0, 0.1) is 0 Å². The van der Waals surface area contributed by atoms with Crippen molar-refractivity contribution in [1.82, 2.24) is 5.32 Å². The van der Waals surface area contributed by atoms with Crippen LogP contribution in [0.15, 0.2) is 12.1 Å². The van der Waals surface area contributed by atoms with Gasteiger partial charge in [-0.1, -0.05) is 0 Å². The first-order valence-corrected chi connectivity index (χ1v) is 4.71. The molecule has 1 aliphatic heterocycles. The third-order valence-corrected chi connectivity index (χ3v) is 2.57. The Morgan fingerprint density at radius 3 is 2.87 bits per heavy atom. The van der Waals surface area contributed by atoms with Crippen LogP contribution >= 0.6 is 12.4 Å². The fourth-order valence-electron chi connectivity index (χ4n) is 1.80. The van der Waals surface area contributed by atoms with E-state index in [1.54, 1.807) is 7.11 Å². The molecule has 0 unspecified atom stereocenters. The second kappa shape index (κ2) is 5.14. The van der Waals surface area contributed by atoms with Crippen molar-refractivity contribution in [3.05, 3.63) is 28.8 Å². The van der Waals surface area contributed by atoms with E-state index >= 15 is 0 Å². The molecule has 0 amide bonds. The predicted octanol–water partition coefficient (Wildman–Crippen LogP) is 1.58. The molecule has 82 valence electrons. The molecule has 15 heavy (non-hydrogen) atoms. The Labute approximate surface area is 95.2 Å². The lowest BCUT2D eigenvalue weighted by molar-refractivity contribution is 0.112. The SMILES string of the molecule is COc1cc2c(cc1C=O)CCNC2.Cl. The van der Waals surface area contributed by atoms with E-state index in [9.17, 15) is 4.79 Å². The van der Waals surface area contributed by atoms with Crippen molar-refractivity contribution in [3.63, 3.8) is 0 Å². The molecule has 0 saturated heterocycles. The second-order valence-electron chi connectivity index (χ2n) is 3.41. The van der Waals surface area contributed by atoms with Gasteiger partial charge in [0.15, 0.2) is 6.29 Å². The number of methoxy groups -OCH3 is 1. The summed E-state index contributed by atoms with van der Waals surface area (Å²) in [7, 11) is 1.59. The van der Waals surface area contributed by atoms with Gasteiger partial charge in [0.25, 0.3) is 0 Å². The van der Waals surface area contributed by atoms with E-state index < -0.39 is 0 Å². The lowest BCUT2D eigenvalue weighted by Gasteiger charge is -2.18. The number of aldehydes is 1. The molecule has 0 spiro atoms. The fourth-order valence-corrected chi connectivity index (χ4v) is 1.80. The van der Waals surface area contributed by atoms with Gasteiger partial charge in [0.2, 0.25) is 0 Å². The maximum absolute atomic E-state index is 10.8. The number of rotatable bonds is 2. The van der Waals surface area contributed by atoms with Crippen LogP contribution in [0.1, 0.15) is 21.5 Å². The number of carbonyl (C=O) groups is 1. The van der Waals surface area contributed by atoms with Gasteiger partial charge >= 0.3 is 0 Å². The van der Waals surface area contributed by atoms with Gasteiger partial charge in [0, 0.05) is 6.54 Å². The van der Waals surface area contributed by atoms with Crippen molar-refractivity contribution >= 4 is 18.7 Å². The molecule has 0 radical (unpaired) electrons. The Kier molecular flexibility index (Phi) is 4.12. The molecule has 0 aromatic heterocycles.